The SMILES string of the molecule is CCCCC(=O)OC1CN(C(=O)Cc2ccc(F)cc2)N(C(=O)OCc2ccccc2)C1. The van der Waals surface area contributed by atoms with Gasteiger partial charge in [-0.15, -0.1) is 0 Å². The fraction of sp³-hybridized carbons (Fsp3) is 0.375. The smallest absolute Gasteiger partial charge is 0.429 e. The van der Waals surface area contributed by atoms with E-state index >= 15 is 0 Å². The van der Waals surface area contributed by atoms with Gasteiger partial charge >= 0.3 is 12.1 Å². The van der Waals surface area contributed by atoms with E-state index in [1.165, 1.54) is 34.3 Å². The largest absolute Gasteiger partial charge is 0.458 e. The first-order chi connectivity index (χ1) is 15.5. The molecule has 0 spiro atoms. The Balaban J connectivity index is 1.67. The Morgan fingerprint density at radius 2 is 1.66 bits per heavy atom. The van der Waals surface area contributed by atoms with Crippen molar-refractivity contribution >= 4 is 18.0 Å². The summed E-state index contributed by atoms with van der Waals surface area (Å²) in [5.74, 6) is -1.13. The molecule has 32 heavy (non-hydrogen) atoms. The number of carbonyl (C=O) groups excluding carboxylic acids is 3. The number of hydrazine groups is 1. The van der Waals surface area contributed by atoms with Crippen molar-refractivity contribution < 1.29 is 28.2 Å². The lowest BCUT2D eigenvalue weighted by molar-refractivity contribution is -0.149. The third kappa shape index (κ3) is 6.54. The summed E-state index contributed by atoms with van der Waals surface area (Å²) in [6.45, 7) is 2.11. The van der Waals surface area contributed by atoms with Gasteiger partial charge in [0.1, 0.15) is 18.5 Å². The number of carbonyl (C=O) groups is 3. The molecule has 1 saturated heterocycles. The second-order valence-electron chi connectivity index (χ2n) is 7.62. The van der Waals surface area contributed by atoms with E-state index in [1.54, 1.807) is 0 Å². The van der Waals surface area contributed by atoms with Gasteiger partial charge in [0.15, 0.2) is 0 Å². The van der Waals surface area contributed by atoms with Crippen LogP contribution in [-0.2, 0) is 32.1 Å². The van der Waals surface area contributed by atoms with Crippen LogP contribution in [0.4, 0.5) is 9.18 Å². The number of halogens is 1. The van der Waals surface area contributed by atoms with Crippen LogP contribution in [0, 0.1) is 5.82 Å². The fourth-order valence-corrected chi connectivity index (χ4v) is 3.35. The third-order valence-corrected chi connectivity index (χ3v) is 5.05. The quantitative estimate of drug-likeness (QED) is 0.580. The van der Waals surface area contributed by atoms with E-state index in [9.17, 15) is 18.8 Å². The van der Waals surface area contributed by atoms with Gasteiger partial charge in [-0.3, -0.25) is 9.59 Å². The van der Waals surface area contributed by atoms with Crippen molar-refractivity contribution in [3.8, 4) is 0 Å². The molecule has 1 fully saturated rings. The molecule has 0 saturated carbocycles. The van der Waals surface area contributed by atoms with E-state index in [-0.39, 0.29) is 44.4 Å². The first kappa shape index (κ1) is 23.2. The summed E-state index contributed by atoms with van der Waals surface area (Å²) in [7, 11) is 0. The van der Waals surface area contributed by atoms with E-state index in [0.29, 0.717) is 12.0 Å². The van der Waals surface area contributed by atoms with E-state index < -0.39 is 18.0 Å². The highest BCUT2D eigenvalue weighted by Gasteiger charge is 2.39. The zero-order chi connectivity index (χ0) is 22.9. The Bertz CT molecular complexity index is 920. The average molecular weight is 442 g/mol. The number of hydrogen-bond acceptors (Lipinski definition) is 5. The molecule has 3 rings (SSSR count). The number of nitrogens with zero attached hydrogens (tertiary/aromatic N) is 2. The van der Waals surface area contributed by atoms with Gasteiger partial charge in [0.25, 0.3) is 0 Å². The van der Waals surface area contributed by atoms with E-state index in [0.717, 1.165) is 12.0 Å². The number of ether oxygens (including phenoxy) is 2. The van der Waals surface area contributed by atoms with Gasteiger partial charge in [0, 0.05) is 6.42 Å². The van der Waals surface area contributed by atoms with Gasteiger partial charge in [0.05, 0.1) is 19.5 Å². The van der Waals surface area contributed by atoms with Crippen molar-refractivity contribution in [2.24, 2.45) is 0 Å². The number of esters is 1. The summed E-state index contributed by atoms with van der Waals surface area (Å²) >= 11 is 0. The molecule has 1 aliphatic heterocycles. The average Bonchev–Trinajstić information content (AvgIpc) is 3.22. The van der Waals surface area contributed by atoms with Crippen molar-refractivity contribution in [3.63, 3.8) is 0 Å². The number of unbranched alkanes of at least 4 members (excludes halogenated alkanes) is 1. The molecule has 2 amide bonds. The van der Waals surface area contributed by atoms with Gasteiger partial charge in [-0.05, 0) is 29.7 Å². The van der Waals surface area contributed by atoms with Crippen LogP contribution in [0.25, 0.3) is 0 Å². The summed E-state index contributed by atoms with van der Waals surface area (Å²) in [5.41, 5.74) is 1.42. The molecule has 1 aliphatic rings. The summed E-state index contributed by atoms with van der Waals surface area (Å²) in [5, 5.41) is 2.42. The highest BCUT2D eigenvalue weighted by atomic mass is 19.1. The first-order valence-electron chi connectivity index (χ1n) is 10.7. The minimum absolute atomic E-state index is 0.0284. The number of hydrogen-bond donors (Lipinski definition) is 0. The number of rotatable bonds is 8. The van der Waals surface area contributed by atoms with Crippen LogP contribution in [0.5, 0.6) is 0 Å². The van der Waals surface area contributed by atoms with Gasteiger partial charge < -0.3 is 9.47 Å². The third-order valence-electron chi connectivity index (χ3n) is 5.05. The van der Waals surface area contributed by atoms with Crippen molar-refractivity contribution in [1.82, 2.24) is 10.0 Å². The molecule has 0 aliphatic carbocycles. The minimum atomic E-state index is -0.701. The summed E-state index contributed by atoms with van der Waals surface area (Å²) < 4.78 is 24.0. The Morgan fingerprint density at radius 3 is 2.34 bits per heavy atom. The van der Waals surface area contributed by atoms with Crippen LogP contribution >= 0.6 is 0 Å². The first-order valence-corrected chi connectivity index (χ1v) is 10.7. The van der Waals surface area contributed by atoms with E-state index in [1.807, 2.05) is 37.3 Å². The Hall–Kier alpha value is -3.42. The van der Waals surface area contributed by atoms with Crippen LogP contribution in [0.3, 0.4) is 0 Å². The van der Waals surface area contributed by atoms with E-state index in [4.69, 9.17) is 9.47 Å². The second-order valence-corrected chi connectivity index (χ2v) is 7.62. The molecule has 0 radical (unpaired) electrons. The van der Waals surface area contributed by atoms with Crippen LogP contribution in [-0.4, -0.2) is 47.2 Å². The lowest BCUT2D eigenvalue weighted by Gasteiger charge is -2.26. The van der Waals surface area contributed by atoms with Gasteiger partial charge in [-0.1, -0.05) is 55.8 Å². The molecule has 1 atom stereocenters. The highest BCUT2D eigenvalue weighted by molar-refractivity contribution is 5.82. The Morgan fingerprint density at radius 1 is 0.969 bits per heavy atom. The molecule has 1 heterocycles. The van der Waals surface area contributed by atoms with Crippen LogP contribution in [0.15, 0.2) is 54.6 Å². The van der Waals surface area contributed by atoms with Crippen molar-refractivity contribution in [1.29, 1.82) is 0 Å². The lowest BCUT2D eigenvalue weighted by Crippen LogP contribution is -2.45. The molecule has 0 aromatic heterocycles. The van der Waals surface area contributed by atoms with E-state index in [2.05, 4.69) is 0 Å². The lowest BCUT2D eigenvalue weighted by atomic mass is 10.1. The van der Waals surface area contributed by atoms with Crippen LogP contribution in [0.1, 0.15) is 37.3 Å². The molecule has 0 bridgehead atoms. The van der Waals surface area contributed by atoms with Gasteiger partial charge in [0.2, 0.25) is 5.91 Å². The van der Waals surface area contributed by atoms with Crippen molar-refractivity contribution in [2.45, 2.75) is 45.3 Å². The summed E-state index contributed by atoms with van der Waals surface area (Å²) in [4.78, 5) is 37.7. The van der Waals surface area contributed by atoms with Crippen molar-refractivity contribution in [3.05, 3.63) is 71.5 Å². The van der Waals surface area contributed by atoms with Crippen molar-refractivity contribution in [2.75, 3.05) is 13.1 Å². The monoisotopic (exact) mass is 442 g/mol. The molecular weight excluding hydrogens is 415 g/mol. The molecule has 2 aromatic carbocycles. The molecule has 8 heteroatoms. The van der Waals surface area contributed by atoms with Crippen LogP contribution in [0.2, 0.25) is 0 Å². The number of benzene rings is 2. The number of amides is 2. The normalized spacial score (nSPS) is 15.5. The zero-order valence-electron chi connectivity index (χ0n) is 18.0. The predicted molar refractivity (Wildman–Crippen MR) is 115 cm³/mol. The topological polar surface area (TPSA) is 76.2 Å². The molecule has 2 aromatic rings. The Kier molecular flexibility index (Phi) is 8.19. The molecular formula is C24H27FN2O5. The van der Waals surface area contributed by atoms with Gasteiger partial charge in [-0.2, -0.15) is 0 Å². The minimum Gasteiger partial charge on any atom is -0.458 e. The van der Waals surface area contributed by atoms with Gasteiger partial charge in [-0.25, -0.2) is 19.2 Å². The Labute approximate surface area is 186 Å². The van der Waals surface area contributed by atoms with Crippen LogP contribution < -0.4 is 0 Å². The highest BCUT2D eigenvalue weighted by Crippen LogP contribution is 2.19. The fourth-order valence-electron chi connectivity index (χ4n) is 3.35. The standard InChI is InChI=1S/C24H27FN2O5/c1-2-3-9-23(29)32-21-15-26(22(28)14-18-10-12-20(25)13-11-18)27(16-21)24(30)31-17-19-7-5-4-6-8-19/h4-8,10-13,21H,2-3,9,14-17H2,1H3. The molecule has 0 N–H and O–H groups in total. The molecule has 1 unspecified atom stereocenters. The molecule has 7 nitrogen and oxygen atoms in total. The second kappa shape index (κ2) is 11.3. The predicted octanol–water partition coefficient (Wildman–Crippen LogP) is 3.87. The molecule has 170 valence electrons. The summed E-state index contributed by atoms with van der Waals surface area (Å²) in [6.07, 6.45) is 0.490. The maximum Gasteiger partial charge on any atom is 0.429 e. The summed E-state index contributed by atoms with van der Waals surface area (Å²) in [6, 6.07) is 14.8. The zero-order valence-corrected chi connectivity index (χ0v) is 18.0. The maximum absolute atomic E-state index is 13.2. The maximum atomic E-state index is 13.2.